The third-order valence-electron chi connectivity index (χ3n) is 4.36. The zero-order valence-corrected chi connectivity index (χ0v) is 12.6. The molecule has 20 heavy (non-hydrogen) atoms. The first kappa shape index (κ1) is 15.0. The number of rotatable bonds is 5. The zero-order valence-electron chi connectivity index (χ0n) is 12.6. The fourth-order valence-corrected chi connectivity index (χ4v) is 2.95. The SMILES string of the molecule is CCC(C)n1ccc(CN2CCCC(C)C2C(=O)O)n1. The highest BCUT2D eigenvalue weighted by Crippen LogP contribution is 2.25. The minimum Gasteiger partial charge on any atom is -0.480 e. The number of hydrogen-bond acceptors (Lipinski definition) is 3. The van der Waals surface area contributed by atoms with Crippen molar-refractivity contribution in [3.8, 4) is 0 Å². The van der Waals surface area contributed by atoms with Gasteiger partial charge in [-0.25, -0.2) is 0 Å². The van der Waals surface area contributed by atoms with Crippen molar-refractivity contribution in [1.29, 1.82) is 0 Å². The highest BCUT2D eigenvalue weighted by atomic mass is 16.4. The second-order valence-corrected chi connectivity index (χ2v) is 5.92. The summed E-state index contributed by atoms with van der Waals surface area (Å²) in [5.74, 6) is -0.503. The van der Waals surface area contributed by atoms with Crippen molar-refractivity contribution in [2.24, 2.45) is 5.92 Å². The van der Waals surface area contributed by atoms with Gasteiger partial charge in [0.1, 0.15) is 6.04 Å². The van der Waals surface area contributed by atoms with Crippen LogP contribution in [0.2, 0.25) is 0 Å². The molecule has 0 bridgehead atoms. The zero-order chi connectivity index (χ0) is 14.7. The van der Waals surface area contributed by atoms with Gasteiger partial charge in [0.25, 0.3) is 0 Å². The summed E-state index contributed by atoms with van der Waals surface area (Å²) in [6, 6.07) is 2.02. The molecule has 3 atom stereocenters. The summed E-state index contributed by atoms with van der Waals surface area (Å²) in [5, 5.41) is 14.0. The summed E-state index contributed by atoms with van der Waals surface area (Å²) in [4.78, 5) is 13.5. The summed E-state index contributed by atoms with van der Waals surface area (Å²) in [6.45, 7) is 7.78. The molecule has 1 saturated heterocycles. The molecule has 0 saturated carbocycles. The van der Waals surface area contributed by atoms with Crippen LogP contribution in [0.1, 0.15) is 51.8 Å². The number of piperidine rings is 1. The van der Waals surface area contributed by atoms with E-state index in [1.54, 1.807) is 0 Å². The molecular weight excluding hydrogens is 254 g/mol. The number of aromatic nitrogens is 2. The van der Waals surface area contributed by atoms with Crippen LogP contribution < -0.4 is 0 Å². The number of likely N-dealkylation sites (tertiary alicyclic amines) is 1. The molecule has 0 radical (unpaired) electrons. The largest absolute Gasteiger partial charge is 0.480 e. The minimum atomic E-state index is -0.710. The summed E-state index contributed by atoms with van der Waals surface area (Å²) >= 11 is 0. The molecule has 0 amide bonds. The minimum absolute atomic E-state index is 0.206. The molecule has 0 aromatic carbocycles. The predicted molar refractivity (Wildman–Crippen MR) is 77.5 cm³/mol. The lowest BCUT2D eigenvalue weighted by Crippen LogP contribution is -2.48. The van der Waals surface area contributed by atoms with Crippen molar-refractivity contribution >= 4 is 5.97 Å². The average Bonchev–Trinajstić information content (AvgIpc) is 2.86. The van der Waals surface area contributed by atoms with E-state index in [1.165, 1.54) is 0 Å². The summed E-state index contributed by atoms with van der Waals surface area (Å²) < 4.78 is 1.97. The van der Waals surface area contributed by atoms with Gasteiger partial charge in [-0.1, -0.05) is 13.8 Å². The molecule has 112 valence electrons. The van der Waals surface area contributed by atoms with E-state index in [-0.39, 0.29) is 12.0 Å². The lowest BCUT2D eigenvalue weighted by molar-refractivity contribution is -0.147. The van der Waals surface area contributed by atoms with Crippen molar-refractivity contribution in [3.05, 3.63) is 18.0 Å². The topological polar surface area (TPSA) is 58.4 Å². The second kappa shape index (κ2) is 6.39. The molecule has 1 N–H and O–H groups in total. The van der Waals surface area contributed by atoms with E-state index in [9.17, 15) is 9.90 Å². The molecule has 1 aliphatic rings. The van der Waals surface area contributed by atoms with Gasteiger partial charge in [-0.3, -0.25) is 14.4 Å². The Balaban J connectivity index is 2.07. The van der Waals surface area contributed by atoms with Gasteiger partial charge < -0.3 is 5.11 Å². The number of hydrogen-bond donors (Lipinski definition) is 1. The number of aliphatic carboxylic acids is 1. The fourth-order valence-electron chi connectivity index (χ4n) is 2.95. The van der Waals surface area contributed by atoms with Crippen LogP contribution in [0.5, 0.6) is 0 Å². The number of carbonyl (C=O) groups is 1. The first-order valence-electron chi connectivity index (χ1n) is 7.53. The normalized spacial score (nSPS) is 25.6. The van der Waals surface area contributed by atoms with Gasteiger partial charge in [-0.05, 0) is 44.7 Å². The molecule has 1 aromatic heterocycles. The van der Waals surface area contributed by atoms with Crippen LogP contribution in [0.3, 0.4) is 0 Å². The van der Waals surface area contributed by atoms with Gasteiger partial charge in [0.05, 0.1) is 5.69 Å². The molecule has 1 aliphatic heterocycles. The Bertz CT molecular complexity index is 458. The lowest BCUT2D eigenvalue weighted by atomic mass is 9.91. The van der Waals surface area contributed by atoms with Gasteiger partial charge >= 0.3 is 5.97 Å². The van der Waals surface area contributed by atoms with Gasteiger partial charge in [-0.2, -0.15) is 5.10 Å². The maximum absolute atomic E-state index is 11.5. The fraction of sp³-hybridized carbons (Fsp3) is 0.733. The first-order valence-corrected chi connectivity index (χ1v) is 7.53. The third kappa shape index (κ3) is 3.20. The number of carboxylic acid groups (broad SMARTS) is 1. The van der Waals surface area contributed by atoms with Gasteiger partial charge in [0.2, 0.25) is 0 Å². The van der Waals surface area contributed by atoms with Crippen LogP contribution in [0.15, 0.2) is 12.3 Å². The molecule has 2 rings (SSSR count). The highest BCUT2D eigenvalue weighted by Gasteiger charge is 2.34. The Morgan fingerprint density at radius 2 is 2.35 bits per heavy atom. The lowest BCUT2D eigenvalue weighted by Gasteiger charge is -2.36. The standard InChI is InChI=1S/C15H25N3O2/c1-4-12(3)18-9-7-13(16-18)10-17-8-5-6-11(2)14(17)15(19)20/h7,9,11-12,14H,4-6,8,10H2,1-3H3,(H,19,20). The van der Waals surface area contributed by atoms with Gasteiger partial charge in [0, 0.05) is 18.8 Å². The van der Waals surface area contributed by atoms with Crippen LogP contribution in [0.25, 0.3) is 0 Å². The van der Waals surface area contributed by atoms with Gasteiger partial charge in [-0.15, -0.1) is 0 Å². The molecule has 0 aliphatic carbocycles. The third-order valence-corrected chi connectivity index (χ3v) is 4.36. The van der Waals surface area contributed by atoms with E-state index < -0.39 is 5.97 Å². The van der Waals surface area contributed by atoms with E-state index in [1.807, 2.05) is 23.9 Å². The van der Waals surface area contributed by atoms with E-state index in [0.717, 1.165) is 31.5 Å². The summed E-state index contributed by atoms with van der Waals surface area (Å²) in [7, 11) is 0. The highest BCUT2D eigenvalue weighted by molar-refractivity contribution is 5.74. The van der Waals surface area contributed by atoms with Crippen LogP contribution >= 0.6 is 0 Å². The Hall–Kier alpha value is -1.36. The van der Waals surface area contributed by atoms with Crippen LogP contribution in [-0.2, 0) is 11.3 Å². The smallest absolute Gasteiger partial charge is 0.321 e. The molecule has 2 heterocycles. The molecule has 1 fully saturated rings. The van der Waals surface area contributed by atoms with Crippen molar-refractivity contribution < 1.29 is 9.90 Å². The number of nitrogens with zero attached hydrogens (tertiary/aromatic N) is 3. The monoisotopic (exact) mass is 279 g/mol. The first-order chi connectivity index (χ1) is 9.52. The van der Waals surface area contributed by atoms with Crippen LogP contribution in [0, 0.1) is 5.92 Å². The van der Waals surface area contributed by atoms with Crippen LogP contribution in [-0.4, -0.2) is 38.3 Å². The van der Waals surface area contributed by atoms with Crippen LogP contribution in [0.4, 0.5) is 0 Å². The summed E-state index contributed by atoms with van der Waals surface area (Å²) in [6.07, 6.45) is 5.10. The average molecular weight is 279 g/mol. The Kier molecular flexibility index (Phi) is 4.81. The Morgan fingerprint density at radius 3 is 3.00 bits per heavy atom. The molecule has 1 aromatic rings. The molecule has 0 spiro atoms. The van der Waals surface area contributed by atoms with E-state index >= 15 is 0 Å². The second-order valence-electron chi connectivity index (χ2n) is 5.92. The Morgan fingerprint density at radius 1 is 1.60 bits per heavy atom. The van der Waals surface area contributed by atoms with Crippen molar-refractivity contribution in [2.75, 3.05) is 6.54 Å². The van der Waals surface area contributed by atoms with E-state index in [4.69, 9.17) is 0 Å². The van der Waals surface area contributed by atoms with Gasteiger partial charge in [0.15, 0.2) is 0 Å². The maximum atomic E-state index is 11.5. The molecular formula is C15H25N3O2. The molecule has 3 unspecified atom stereocenters. The predicted octanol–water partition coefficient (Wildman–Crippen LogP) is 2.54. The van der Waals surface area contributed by atoms with E-state index in [0.29, 0.717) is 12.6 Å². The van der Waals surface area contributed by atoms with Crippen molar-refractivity contribution in [2.45, 2.75) is 58.7 Å². The molecule has 5 heteroatoms. The molecule has 5 nitrogen and oxygen atoms in total. The Labute approximate surface area is 120 Å². The summed E-state index contributed by atoms with van der Waals surface area (Å²) in [5.41, 5.74) is 0.964. The van der Waals surface area contributed by atoms with Crippen molar-refractivity contribution in [3.63, 3.8) is 0 Å². The quantitative estimate of drug-likeness (QED) is 0.900. The van der Waals surface area contributed by atoms with Crippen molar-refractivity contribution in [1.82, 2.24) is 14.7 Å². The maximum Gasteiger partial charge on any atom is 0.321 e. The van der Waals surface area contributed by atoms with E-state index in [2.05, 4.69) is 23.8 Å². The number of carboxylic acids is 1.